The molecular formula is C15H22N2O7. The molecule has 1 saturated heterocycles. The molecule has 0 spiro atoms. The van der Waals surface area contributed by atoms with Crippen molar-refractivity contribution in [1.29, 1.82) is 0 Å². The van der Waals surface area contributed by atoms with Crippen LogP contribution in [0.5, 0.6) is 5.75 Å². The standard InChI is InChI=1S/C15H22N2O7/c16-9(5-7-1-3-8(19)4-2-7)14(23)17-15-13(22)12(21)11(20)10(6-18)24-15/h1-4,9-13,15,18-22H,5-6,16H2,(H,17,23)/t9?,10?,11-,12+,13-,15-/m1/s1. The molecule has 9 nitrogen and oxygen atoms in total. The smallest absolute Gasteiger partial charge is 0.239 e. The Bertz CT molecular complexity index is 551. The monoisotopic (exact) mass is 342 g/mol. The van der Waals surface area contributed by atoms with Gasteiger partial charge < -0.3 is 41.3 Å². The van der Waals surface area contributed by atoms with Crippen LogP contribution < -0.4 is 11.1 Å². The summed E-state index contributed by atoms with van der Waals surface area (Å²) in [5.41, 5.74) is 6.53. The number of aliphatic hydroxyl groups excluding tert-OH is 4. The van der Waals surface area contributed by atoms with Crippen LogP contribution >= 0.6 is 0 Å². The zero-order valence-corrected chi connectivity index (χ0v) is 12.8. The normalized spacial score (nSPS) is 31.5. The van der Waals surface area contributed by atoms with Gasteiger partial charge in [-0.2, -0.15) is 0 Å². The second kappa shape index (κ2) is 7.88. The quantitative estimate of drug-likeness (QED) is 0.301. The van der Waals surface area contributed by atoms with Crippen molar-refractivity contribution in [3.05, 3.63) is 29.8 Å². The highest BCUT2D eigenvalue weighted by Gasteiger charge is 2.44. The number of benzene rings is 1. The Labute approximate surface area is 138 Å². The van der Waals surface area contributed by atoms with Gasteiger partial charge in [0.2, 0.25) is 5.91 Å². The van der Waals surface area contributed by atoms with E-state index in [2.05, 4.69) is 5.32 Å². The molecule has 2 unspecified atom stereocenters. The predicted octanol–water partition coefficient (Wildman–Crippen LogP) is -2.82. The van der Waals surface area contributed by atoms with Gasteiger partial charge in [-0.3, -0.25) is 4.79 Å². The summed E-state index contributed by atoms with van der Waals surface area (Å²) in [5, 5.41) is 49.9. The lowest BCUT2D eigenvalue weighted by atomic mass is 9.98. The molecule has 1 fully saturated rings. The van der Waals surface area contributed by atoms with Crippen LogP contribution in [0.4, 0.5) is 0 Å². The van der Waals surface area contributed by atoms with Crippen LogP contribution in [0.2, 0.25) is 0 Å². The fraction of sp³-hybridized carbons (Fsp3) is 0.533. The maximum Gasteiger partial charge on any atom is 0.239 e. The maximum absolute atomic E-state index is 12.1. The molecule has 0 aromatic heterocycles. The molecule has 0 aliphatic carbocycles. The molecule has 0 saturated carbocycles. The molecule has 6 atom stereocenters. The Balaban J connectivity index is 1.96. The van der Waals surface area contributed by atoms with Gasteiger partial charge in [0.1, 0.15) is 30.2 Å². The fourth-order valence-electron chi connectivity index (χ4n) is 2.45. The first-order valence-electron chi connectivity index (χ1n) is 7.48. The van der Waals surface area contributed by atoms with Gasteiger partial charge in [0.25, 0.3) is 0 Å². The number of hydrogen-bond donors (Lipinski definition) is 7. The van der Waals surface area contributed by atoms with Gasteiger partial charge in [0, 0.05) is 0 Å². The topological polar surface area (TPSA) is 166 Å². The van der Waals surface area contributed by atoms with E-state index < -0.39 is 49.2 Å². The van der Waals surface area contributed by atoms with Crippen LogP contribution in [0.3, 0.4) is 0 Å². The first kappa shape index (κ1) is 18.6. The van der Waals surface area contributed by atoms with Gasteiger partial charge >= 0.3 is 0 Å². The minimum atomic E-state index is -1.57. The van der Waals surface area contributed by atoms with Crippen molar-refractivity contribution in [1.82, 2.24) is 5.32 Å². The van der Waals surface area contributed by atoms with Crippen LogP contribution in [0.1, 0.15) is 5.56 Å². The van der Waals surface area contributed by atoms with E-state index in [4.69, 9.17) is 15.6 Å². The van der Waals surface area contributed by atoms with Crippen LogP contribution in [-0.4, -0.2) is 74.7 Å². The molecule has 1 aliphatic heterocycles. The lowest BCUT2D eigenvalue weighted by molar-refractivity contribution is -0.236. The van der Waals surface area contributed by atoms with E-state index in [1.807, 2.05) is 0 Å². The summed E-state index contributed by atoms with van der Waals surface area (Å²) in [6.45, 7) is -0.586. The summed E-state index contributed by atoms with van der Waals surface area (Å²) in [6.07, 6.45) is -6.87. The Morgan fingerprint density at radius 2 is 1.79 bits per heavy atom. The average molecular weight is 342 g/mol. The molecule has 0 bridgehead atoms. The third-order valence-electron chi connectivity index (χ3n) is 3.91. The summed E-state index contributed by atoms with van der Waals surface area (Å²) in [5.74, 6) is -0.537. The summed E-state index contributed by atoms with van der Waals surface area (Å²) in [7, 11) is 0. The van der Waals surface area contributed by atoms with E-state index in [0.717, 1.165) is 5.56 Å². The third-order valence-corrected chi connectivity index (χ3v) is 3.91. The Morgan fingerprint density at radius 1 is 1.17 bits per heavy atom. The highest BCUT2D eigenvalue weighted by atomic mass is 16.6. The number of aliphatic hydroxyl groups is 4. The molecule has 0 radical (unpaired) electrons. The van der Waals surface area contributed by atoms with Gasteiger partial charge in [-0.05, 0) is 24.1 Å². The number of nitrogens with one attached hydrogen (secondary N) is 1. The van der Waals surface area contributed by atoms with Crippen molar-refractivity contribution in [2.75, 3.05) is 6.61 Å². The minimum Gasteiger partial charge on any atom is -0.508 e. The first-order chi connectivity index (χ1) is 11.3. The van der Waals surface area contributed by atoms with Crippen LogP contribution in [0, 0.1) is 0 Å². The predicted molar refractivity (Wildman–Crippen MR) is 81.7 cm³/mol. The average Bonchev–Trinajstić information content (AvgIpc) is 2.57. The van der Waals surface area contributed by atoms with Gasteiger partial charge in [-0.15, -0.1) is 0 Å². The molecule has 9 heteroatoms. The van der Waals surface area contributed by atoms with E-state index in [0.29, 0.717) is 0 Å². The zero-order chi connectivity index (χ0) is 17.9. The molecule has 24 heavy (non-hydrogen) atoms. The molecule has 8 N–H and O–H groups in total. The second-order valence-electron chi connectivity index (χ2n) is 5.74. The van der Waals surface area contributed by atoms with Crippen molar-refractivity contribution in [2.45, 2.75) is 43.1 Å². The van der Waals surface area contributed by atoms with E-state index in [1.165, 1.54) is 12.1 Å². The highest BCUT2D eigenvalue weighted by Crippen LogP contribution is 2.20. The molecule has 1 aliphatic rings. The molecule has 1 amide bonds. The molecule has 1 aromatic carbocycles. The molecule has 1 heterocycles. The van der Waals surface area contributed by atoms with Crippen LogP contribution in [0.15, 0.2) is 24.3 Å². The lowest BCUT2D eigenvalue weighted by Gasteiger charge is -2.40. The number of carbonyl (C=O) groups excluding carboxylic acids is 1. The number of nitrogens with two attached hydrogens (primary N) is 1. The number of rotatable bonds is 5. The number of hydrogen-bond acceptors (Lipinski definition) is 8. The number of amides is 1. The Morgan fingerprint density at radius 3 is 2.38 bits per heavy atom. The summed E-state index contributed by atoms with van der Waals surface area (Å²) < 4.78 is 5.19. The SMILES string of the molecule is NC(Cc1ccc(O)cc1)C(=O)N[C@@H]1OC(CO)[C@@H](O)[C@H](O)[C@H]1O. The van der Waals surface area contributed by atoms with Crippen molar-refractivity contribution < 1.29 is 35.1 Å². The van der Waals surface area contributed by atoms with Crippen molar-refractivity contribution in [3.63, 3.8) is 0 Å². The molecule has 1 aromatic rings. The van der Waals surface area contributed by atoms with Crippen LogP contribution in [-0.2, 0) is 16.0 Å². The zero-order valence-electron chi connectivity index (χ0n) is 12.8. The van der Waals surface area contributed by atoms with E-state index in [-0.39, 0.29) is 12.2 Å². The lowest BCUT2D eigenvalue weighted by Crippen LogP contribution is -2.64. The van der Waals surface area contributed by atoms with Gasteiger partial charge in [-0.1, -0.05) is 12.1 Å². The fourth-order valence-corrected chi connectivity index (χ4v) is 2.45. The minimum absolute atomic E-state index is 0.0955. The van der Waals surface area contributed by atoms with Crippen molar-refractivity contribution >= 4 is 5.91 Å². The van der Waals surface area contributed by atoms with E-state index >= 15 is 0 Å². The largest absolute Gasteiger partial charge is 0.508 e. The van der Waals surface area contributed by atoms with Gasteiger partial charge in [-0.25, -0.2) is 0 Å². The van der Waals surface area contributed by atoms with Gasteiger partial charge in [0.05, 0.1) is 12.6 Å². The highest BCUT2D eigenvalue weighted by molar-refractivity contribution is 5.82. The van der Waals surface area contributed by atoms with Crippen molar-refractivity contribution in [2.24, 2.45) is 5.73 Å². The molecule has 134 valence electrons. The number of phenols is 1. The van der Waals surface area contributed by atoms with Crippen LogP contribution in [0.25, 0.3) is 0 Å². The third kappa shape index (κ3) is 4.20. The molecular weight excluding hydrogens is 320 g/mol. The maximum atomic E-state index is 12.1. The Hall–Kier alpha value is -1.75. The number of carbonyl (C=O) groups is 1. The number of phenolic OH excluding ortho intramolecular Hbond substituents is 1. The molecule has 2 rings (SSSR count). The van der Waals surface area contributed by atoms with E-state index in [9.17, 15) is 25.2 Å². The van der Waals surface area contributed by atoms with Gasteiger partial charge in [0.15, 0.2) is 6.23 Å². The summed E-state index contributed by atoms with van der Waals surface area (Å²) in [6, 6.07) is 5.23. The summed E-state index contributed by atoms with van der Waals surface area (Å²) >= 11 is 0. The summed E-state index contributed by atoms with van der Waals surface area (Å²) in [4.78, 5) is 12.1. The van der Waals surface area contributed by atoms with E-state index in [1.54, 1.807) is 12.1 Å². The number of aromatic hydroxyl groups is 1. The Kier molecular flexibility index (Phi) is 6.10. The second-order valence-corrected chi connectivity index (χ2v) is 5.74. The first-order valence-corrected chi connectivity index (χ1v) is 7.48. The van der Waals surface area contributed by atoms with Crippen molar-refractivity contribution in [3.8, 4) is 5.75 Å². The number of ether oxygens (including phenoxy) is 1.